The van der Waals surface area contributed by atoms with Gasteiger partial charge in [0.15, 0.2) is 0 Å². The van der Waals surface area contributed by atoms with Gasteiger partial charge < -0.3 is 5.32 Å². The molecular weight excluding hydrogens is 140 g/mol. The number of amides is 1. The van der Waals surface area contributed by atoms with Crippen LogP contribution in [0.2, 0.25) is 0 Å². The molecule has 0 aromatic heterocycles. The highest BCUT2D eigenvalue weighted by Gasteiger charge is 2.44. The van der Waals surface area contributed by atoms with Crippen LogP contribution >= 0.6 is 0 Å². The first kappa shape index (κ1) is 7.44. The van der Waals surface area contributed by atoms with Crippen LogP contribution in [0.25, 0.3) is 0 Å². The summed E-state index contributed by atoms with van der Waals surface area (Å²) in [6.07, 6.45) is -1.85. The van der Waals surface area contributed by atoms with Crippen molar-refractivity contribution in [2.45, 2.75) is 25.8 Å². The molecule has 2 nitrogen and oxygen atoms in total. The van der Waals surface area contributed by atoms with Crippen molar-refractivity contribution in [3.8, 4) is 0 Å². The molecule has 0 aromatic carbocycles. The van der Waals surface area contributed by atoms with Crippen molar-refractivity contribution >= 4 is 5.91 Å². The molecule has 0 bridgehead atoms. The van der Waals surface area contributed by atoms with Gasteiger partial charge in [-0.2, -0.15) is 0 Å². The van der Waals surface area contributed by atoms with Crippen LogP contribution in [0.3, 0.4) is 0 Å². The molecule has 1 saturated carbocycles. The van der Waals surface area contributed by atoms with Gasteiger partial charge in [0.25, 0.3) is 0 Å². The van der Waals surface area contributed by atoms with Crippen LogP contribution in [-0.4, -0.2) is 18.4 Å². The second-order valence-electron chi connectivity index (χ2n) is 2.54. The normalized spacial score (nSPS) is 30.4. The van der Waals surface area contributed by atoms with E-state index >= 15 is 0 Å². The molecule has 1 aliphatic carbocycles. The summed E-state index contributed by atoms with van der Waals surface area (Å²) >= 11 is 0. The van der Waals surface area contributed by atoms with Crippen LogP contribution in [0, 0.1) is 5.92 Å². The quantitative estimate of drug-likeness (QED) is 0.617. The Bertz CT molecular complexity index is 149. The SMILES string of the molecule is CC(=O)N[C@H]1CC1C(F)F. The molecule has 1 rings (SSSR count). The van der Waals surface area contributed by atoms with Crippen molar-refractivity contribution in [3.63, 3.8) is 0 Å². The Morgan fingerprint density at radius 1 is 1.70 bits per heavy atom. The third-order valence-corrected chi connectivity index (χ3v) is 1.55. The number of hydrogen-bond acceptors (Lipinski definition) is 1. The Morgan fingerprint density at radius 3 is 2.60 bits per heavy atom. The zero-order valence-corrected chi connectivity index (χ0v) is 5.60. The molecule has 0 radical (unpaired) electrons. The van der Waals surface area contributed by atoms with Gasteiger partial charge in [-0.15, -0.1) is 0 Å². The van der Waals surface area contributed by atoms with Gasteiger partial charge in [-0.1, -0.05) is 0 Å². The first-order valence-corrected chi connectivity index (χ1v) is 3.16. The van der Waals surface area contributed by atoms with Gasteiger partial charge in [0.2, 0.25) is 12.3 Å². The Labute approximate surface area is 57.6 Å². The summed E-state index contributed by atoms with van der Waals surface area (Å²) in [6, 6.07) is -0.266. The number of alkyl halides is 2. The first-order valence-electron chi connectivity index (χ1n) is 3.16. The topological polar surface area (TPSA) is 29.1 Å². The molecule has 4 heteroatoms. The van der Waals surface area contributed by atoms with Gasteiger partial charge in [0, 0.05) is 18.9 Å². The molecule has 0 heterocycles. The van der Waals surface area contributed by atoms with E-state index in [9.17, 15) is 13.6 Å². The fourth-order valence-corrected chi connectivity index (χ4v) is 0.920. The Kier molecular flexibility index (Phi) is 1.87. The molecule has 0 aliphatic heterocycles. The second-order valence-corrected chi connectivity index (χ2v) is 2.54. The van der Waals surface area contributed by atoms with Gasteiger partial charge in [-0.25, -0.2) is 8.78 Å². The molecule has 1 amide bonds. The van der Waals surface area contributed by atoms with Gasteiger partial charge >= 0.3 is 0 Å². The van der Waals surface area contributed by atoms with E-state index in [1.807, 2.05) is 0 Å². The van der Waals surface area contributed by atoms with Crippen LogP contribution in [0.15, 0.2) is 0 Å². The molecule has 0 saturated heterocycles. The van der Waals surface area contributed by atoms with Crippen LogP contribution in [0.1, 0.15) is 13.3 Å². The van der Waals surface area contributed by atoms with Crippen LogP contribution in [0.4, 0.5) is 8.78 Å². The lowest BCUT2D eigenvalue weighted by atomic mass is 10.4. The minimum Gasteiger partial charge on any atom is -0.353 e. The average molecular weight is 149 g/mol. The Balaban J connectivity index is 2.19. The summed E-state index contributed by atoms with van der Waals surface area (Å²) in [5.74, 6) is -0.822. The zero-order valence-electron chi connectivity index (χ0n) is 5.60. The number of carbonyl (C=O) groups excluding carboxylic acids is 1. The van der Waals surface area contributed by atoms with Gasteiger partial charge in [0.1, 0.15) is 0 Å². The number of rotatable bonds is 2. The van der Waals surface area contributed by atoms with E-state index in [4.69, 9.17) is 0 Å². The van der Waals surface area contributed by atoms with E-state index in [1.165, 1.54) is 6.92 Å². The number of nitrogens with one attached hydrogen (secondary N) is 1. The maximum atomic E-state index is 11.8. The molecule has 58 valence electrons. The summed E-state index contributed by atoms with van der Waals surface area (Å²) in [6.45, 7) is 1.33. The van der Waals surface area contributed by atoms with Crippen molar-refractivity contribution in [2.24, 2.45) is 5.92 Å². The monoisotopic (exact) mass is 149 g/mol. The highest BCUT2D eigenvalue weighted by atomic mass is 19.3. The van der Waals surface area contributed by atoms with Gasteiger partial charge in [-0.05, 0) is 6.42 Å². The van der Waals surface area contributed by atoms with Gasteiger partial charge in [-0.3, -0.25) is 4.79 Å². The molecule has 1 aliphatic rings. The maximum absolute atomic E-state index is 11.8. The Morgan fingerprint density at radius 2 is 2.30 bits per heavy atom. The third kappa shape index (κ3) is 1.65. The molecule has 2 atom stereocenters. The van der Waals surface area contributed by atoms with Crippen molar-refractivity contribution in [1.82, 2.24) is 5.32 Å². The molecule has 1 N–H and O–H groups in total. The van der Waals surface area contributed by atoms with E-state index < -0.39 is 12.3 Å². The number of carbonyl (C=O) groups is 1. The van der Waals surface area contributed by atoms with Crippen LogP contribution in [-0.2, 0) is 4.79 Å². The lowest BCUT2D eigenvalue weighted by Crippen LogP contribution is -2.24. The molecule has 0 spiro atoms. The minimum absolute atomic E-state index is 0.229. The summed E-state index contributed by atoms with van der Waals surface area (Å²) in [7, 11) is 0. The van der Waals surface area contributed by atoms with Crippen LogP contribution < -0.4 is 5.32 Å². The van der Waals surface area contributed by atoms with E-state index in [0.717, 1.165) is 0 Å². The number of hydrogen-bond donors (Lipinski definition) is 1. The van der Waals surface area contributed by atoms with Crippen molar-refractivity contribution in [2.75, 3.05) is 0 Å². The summed E-state index contributed by atoms with van der Waals surface area (Å²) in [4.78, 5) is 10.3. The summed E-state index contributed by atoms with van der Waals surface area (Å²) in [5, 5.41) is 2.43. The Hall–Kier alpha value is -0.670. The van der Waals surface area contributed by atoms with Crippen molar-refractivity contribution < 1.29 is 13.6 Å². The summed E-state index contributed by atoms with van der Waals surface area (Å²) < 4.78 is 23.5. The zero-order chi connectivity index (χ0) is 7.72. The van der Waals surface area contributed by atoms with E-state index in [-0.39, 0.29) is 11.9 Å². The predicted molar refractivity (Wildman–Crippen MR) is 31.7 cm³/mol. The lowest BCUT2D eigenvalue weighted by molar-refractivity contribution is -0.119. The fraction of sp³-hybridized carbons (Fsp3) is 0.833. The van der Waals surface area contributed by atoms with E-state index in [1.54, 1.807) is 0 Å². The van der Waals surface area contributed by atoms with E-state index in [2.05, 4.69) is 5.32 Å². The molecular formula is C6H9F2NO. The molecule has 1 unspecified atom stereocenters. The lowest BCUT2D eigenvalue weighted by Gasteiger charge is -1.98. The smallest absolute Gasteiger partial charge is 0.243 e. The van der Waals surface area contributed by atoms with Crippen molar-refractivity contribution in [1.29, 1.82) is 0 Å². The molecule has 10 heavy (non-hydrogen) atoms. The largest absolute Gasteiger partial charge is 0.353 e. The van der Waals surface area contributed by atoms with Crippen LogP contribution in [0.5, 0.6) is 0 Å². The fourth-order valence-electron chi connectivity index (χ4n) is 0.920. The standard InChI is InChI=1S/C6H9F2NO/c1-3(10)9-5-2-4(5)6(7)8/h4-6H,2H2,1H3,(H,9,10)/t4?,5-/m0/s1. The third-order valence-electron chi connectivity index (χ3n) is 1.55. The highest BCUT2D eigenvalue weighted by Crippen LogP contribution is 2.35. The first-order chi connectivity index (χ1) is 4.61. The molecule has 1 fully saturated rings. The summed E-state index contributed by atoms with van der Waals surface area (Å²) in [5.41, 5.74) is 0. The highest BCUT2D eigenvalue weighted by molar-refractivity contribution is 5.73. The van der Waals surface area contributed by atoms with Crippen molar-refractivity contribution in [3.05, 3.63) is 0 Å². The minimum atomic E-state index is -2.28. The predicted octanol–water partition coefficient (Wildman–Crippen LogP) is 0.776. The maximum Gasteiger partial charge on any atom is 0.243 e. The number of halogens is 2. The molecule has 0 aromatic rings. The second kappa shape index (κ2) is 2.52. The van der Waals surface area contributed by atoms with Gasteiger partial charge in [0.05, 0.1) is 0 Å². The average Bonchev–Trinajstić information content (AvgIpc) is 2.43. The van der Waals surface area contributed by atoms with E-state index in [0.29, 0.717) is 6.42 Å².